The fraction of sp³-hybridized carbons (Fsp3) is 0.526. The summed E-state index contributed by atoms with van der Waals surface area (Å²) in [6.45, 7) is 1.11. The first kappa shape index (κ1) is 38.1. The number of ether oxygens (including phenoxy) is 1. The normalized spacial score (nSPS) is 18.2. The highest BCUT2D eigenvalue weighted by molar-refractivity contribution is 6.31. The molecular weight excluding hydrogens is 662 g/mol. The lowest BCUT2D eigenvalue weighted by Crippen LogP contribution is -2.51. The number of pyridine rings is 1. The van der Waals surface area contributed by atoms with Crippen LogP contribution in [0.5, 0.6) is 5.75 Å². The molecule has 2 saturated carbocycles. The predicted octanol–water partition coefficient (Wildman–Crippen LogP) is 3.25. The molecule has 7 N–H and O–H groups in total. The van der Waals surface area contributed by atoms with Crippen molar-refractivity contribution in [2.75, 3.05) is 26.3 Å². The van der Waals surface area contributed by atoms with Crippen LogP contribution < -0.4 is 10.1 Å². The predicted molar refractivity (Wildman–Crippen MR) is 190 cm³/mol. The Labute approximate surface area is 298 Å². The summed E-state index contributed by atoms with van der Waals surface area (Å²) in [6, 6.07) is 16.3. The number of hydrogen-bond donors (Lipinski definition) is 7. The molecule has 1 aromatic heterocycles. The number of benzene rings is 2. The molecule has 2 aromatic carbocycles. The molecule has 1 heterocycles. The number of halogens is 1. The van der Waals surface area contributed by atoms with E-state index in [2.05, 4.69) is 35.4 Å². The van der Waals surface area contributed by atoms with Gasteiger partial charge in [-0.3, -0.25) is 9.78 Å². The highest BCUT2D eigenvalue weighted by Gasteiger charge is 2.46. The van der Waals surface area contributed by atoms with Gasteiger partial charge in [-0.05, 0) is 84.9 Å². The van der Waals surface area contributed by atoms with Crippen LogP contribution in [0.2, 0.25) is 5.02 Å². The molecule has 2 aliphatic rings. The van der Waals surface area contributed by atoms with Crippen molar-refractivity contribution >= 4 is 17.5 Å². The monoisotopic (exact) mass is 711 g/mol. The summed E-state index contributed by atoms with van der Waals surface area (Å²) in [5, 5.41) is 62.9. The maximum Gasteiger partial charge on any atom is 0.222 e. The van der Waals surface area contributed by atoms with E-state index in [4.69, 9.17) is 21.4 Å². The van der Waals surface area contributed by atoms with Crippen molar-refractivity contribution in [3.8, 4) is 16.9 Å². The average Bonchev–Trinajstić information content (AvgIpc) is 4.08. The van der Waals surface area contributed by atoms with Gasteiger partial charge in [0.25, 0.3) is 0 Å². The van der Waals surface area contributed by atoms with Crippen LogP contribution in [0, 0.1) is 0 Å². The maximum absolute atomic E-state index is 13.0. The van der Waals surface area contributed by atoms with Gasteiger partial charge in [-0.15, -0.1) is 0 Å². The highest BCUT2D eigenvalue weighted by Crippen LogP contribution is 2.50. The number of aliphatic hydroxyl groups is 6. The van der Waals surface area contributed by atoms with Crippen molar-refractivity contribution in [3.05, 3.63) is 82.6 Å². The standard InChI is InChI=1S/C38H50ClN3O8/c1-24(5-4-8-35(47)42(17-18-43)22-32(45)36(48)37(49)33(46)23-44)25-9-12-31(39)26(19-25)20-41-38(14-15-38)30-21-40-16-13-28(30)29-6-2-3-7-34(29)50-27-10-11-27/h2-3,6-7,9,12-13,16,19,21,24,27,32-33,36-37,41,43-46,48-49H,4-5,8,10-11,14-15,17-18,20,22-23H2,1H3. The summed E-state index contributed by atoms with van der Waals surface area (Å²) in [5.41, 5.74) is 5.19. The number of aromatic nitrogens is 1. The minimum Gasteiger partial charge on any atom is -0.490 e. The van der Waals surface area contributed by atoms with Crippen LogP contribution in [-0.4, -0.2) is 103 Å². The third-order valence-corrected chi connectivity index (χ3v) is 10.2. The summed E-state index contributed by atoms with van der Waals surface area (Å²) in [7, 11) is 0. The van der Waals surface area contributed by atoms with Gasteiger partial charge < -0.3 is 45.6 Å². The van der Waals surface area contributed by atoms with E-state index >= 15 is 0 Å². The van der Waals surface area contributed by atoms with E-state index in [0.29, 0.717) is 30.5 Å². The summed E-state index contributed by atoms with van der Waals surface area (Å²) >= 11 is 6.70. The maximum atomic E-state index is 13.0. The molecule has 50 heavy (non-hydrogen) atoms. The van der Waals surface area contributed by atoms with Crippen LogP contribution in [0.1, 0.15) is 74.5 Å². The van der Waals surface area contributed by atoms with Crippen LogP contribution in [0.25, 0.3) is 11.1 Å². The van der Waals surface area contributed by atoms with Gasteiger partial charge in [0, 0.05) is 54.6 Å². The Morgan fingerprint density at radius 1 is 1.04 bits per heavy atom. The Balaban J connectivity index is 1.18. The van der Waals surface area contributed by atoms with E-state index in [1.165, 1.54) is 4.90 Å². The van der Waals surface area contributed by atoms with Crippen LogP contribution in [0.4, 0.5) is 0 Å². The number of carbonyl (C=O) groups is 1. The molecule has 272 valence electrons. The molecule has 0 bridgehead atoms. The minimum absolute atomic E-state index is 0.0624. The number of nitrogens with zero attached hydrogens (tertiary/aromatic N) is 2. The molecule has 12 heteroatoms. The third kappa shape index (κ3) is 9.59. The third-order valence-electron chi connectivity index (χ3n) is 9.82. The molecule has 0 radical (unpaired) electrons. The molecule has 5 atom stereocenters. The lowest BCUT2D eigenvalue weighted by Gasteiger charge is -2.30. The lowest BCUT2D eigenvalue weighted by molar-refractivity contribution is -0.140. The SMILES string of the molecule is CC(CCCC(=O)N(CCO)CC(O)C(O)C(O)C(O)CO)c1ccc(Cl)c(CNC2(c3cnccc3-c3ccccc3OC3CC3)CC2)c1. The number of para-hydroxylation sites is 1. The number of amides is 1. The Morgan fingerprint density at radius 2 is 1.78 bits per heavy atom. The van der Waals surface area contributed by atoms with E-state index in [0.717, 1.165) is 59.3 Å². The first-order chi connectivity index (χ1) is 24.1. The second-order valence-corrected chi connectivity index (χ2v) is 14.1. The van der Waals surface area contributed by atoms with Crippen LogP contribution in [-0.2, 0) is 16.9 Å². The van der Waals surface area contributed by atoms with E-state index in [1.54, 1.807) is 0 Å². The second kappa shape index (κ2) is 17.4. The molecule has 5 unspecified atom stereocenters. The number of aliphatic hydroxyl groups excluding tert-OH is 6. The zero-order valence-electron chi connectivity index (χ0n) is 28.5. The van der Waals surface area contributed by atoms with Crippen molar-refractivity contribution in [1.82, 2.24) is 15.2 Å². The van der Waals surface area contributed by atoms with Gasteiger partial charge in [0.2, 0.25) is 5.91 Å². The van der Waals surface area contributed by atoms with E-state index in [1.807, 2.05) is 42.7 Å². The average molecular weight is 712 g/mol. The van der Waals surface area contributed by atoms with Gasteiger partial charge in [-0.25, -0.2) is 0 Å². The Morgan fingerprint density at radius 3 is 2.48 bits per heavy atom. The Bertz CT molecular complexity index is 1570. The largest absolute Gasteiger partial charge is 0.490 e. The van der Waals surface area contributed by atoms with E-state index in [9.17, 15) is 30.3 Å². The minimum atomic E-state index is -1.79. The first-order valence-electron chi connectivity index (χ1n) is 17.5. The summed E-state index contributed by atoms with van der Waals surface area (Å²) in [4.78, 5) is 18.7. The molecule has 1 amide bonds. The highest BCUT2D eigenvalue weighted by atomic mass is 35.5. The molecule has 0 saturated heterocycles. The number of hydrogen-bond acceptors (Lipinski definition) is 10. The van der Waals surface area contributed by atoms with Gasteiger partial charge in [0.15, 0.2) is 0 Å². The number of rotatable bonds is 20. The Hall–Kier alpha value is -3.13. The molecule has 5 rings (SSSR count). The van der Waals surface area contributed by atoms with Gasteiger partial charge in [-0.2, -0.15) is 0 Å². The zero-order chi connectivity index (χ0) is 35.8. The molecular formula is C38H50ClN3O8. The molecule has 0 spiro atoms. The van der Waals surface area contributed by atoms with Crippen molar-refractivity contribution in [2.45, 2.75) is 100 Å². The topological polar surface area (TPSA) is 176 Å². The van der Waals surface area contributed by atoms with E-state index < -0.39 is 31.0 Å². The molecule has 3 aromatic rings. The summed E-state index contributed by atoms with van der Waals surface area (Å²) < 4.78 is 6.25. The first-order valence-corrected chi connectivity index (χ1v) is 17.9. The second-order valence-electron chi connectivity index (χ2n) is 13.7. The van der Waals surface area contributed by atoms with Gasteiger partial charge in [-0.1, -0.05) is 48.9 Å². The van der Waals surface area contributed by atoms with Crippen molar-refractivity contribution < 1.29 is 40.2 Å². The molecule has 2 fully saturated rings. The fourth-order valence-electron chi connectivity index (χ4n) is 6.36. The van der Waals surface area contributed by atoms with E-state index in [-0.39, 0.29) is 43.5 Å². The zero-order valence-corrected chi connectivity index (χ0v) is 29.3. The summed E-state index contributed by atoms with van der Waals surface area (Å²) in [5.74, 6) is 0.703. The number of nitrogens with one attached hydrogen (secondary N) is 1. The van der Waals surface area contributed by atoms with Crippen LogP contribution in [0.3, 0.4) is 0 Å². The smallest absolute Gasteiger partial charge is 0.222 e. The van der Waals surface area contributed by atoms with Crippen molar-refractivity contribution in [2.24, 2.45) is 0 Å². The van der Waals surface area contributed by atoms with Crippen LogP contribution in [0.15, 0.2) is 60.9 Å². The van der Waals surface area contributed by atoms with Crippen molar-refractivity contribution in [3.63, 3.8) is 0 Å². The van der Waals surface area contributed by atoms with Gasteiger partial charge in [0.05, 0.1) is 19.3 Å². The Kier molecular flexibility index (Phi) is 13.3. The van der Waals surface area contributed by atoms with Crippen molar-refractivity contribution in [1.29, 1.82) is 0 Å². The molecule has 2 aliphatic carbocycles. The van der Waals surface area contributed by atoms with Crippen LogP contribution >= 0.6 is 11.6 Å². The lowest BCUT2D eigenvalue weighted by atomic mass is 9.93. The fourth-order valence-corrected chi connectivity index (χ4v) is 6.54. The summed E-state index contributed by atoms with van der Waals surface area (Å²) in [6.07, 6.45) is 2.81. The van der Waals surface area contributed by atoms with Gasteiger partial charge in [0.1, 0.15) is 30.2 Å². The number of carbonyl (C=O) groups excluding carboxylic acids is 1. The quantitative estimate of drug-likeness (QED) is 0.0922. The van der Waals surface area contributed by atoms with Gasteiger partial charge >= 0.3 is 0 Å². The molecule has 11 nitrogen and oxygen atoms in total. The molecule has 0 aliphatic heterocycles.